The number of ether oxygens (including phenoxy) is 2. The molecule has 0 unspecified atom stereocenters. The fourth-order valence-corrected chi connectivity index (χ4v) is 4.15. The van der Waals surface area contributed by atoms with E-state index in [1.807, 2.05) is 25.1 Å². The average Bonchev–Trinajstić information content (AvgIpc) is 3.28. The van der Waals surface area contributed by atoms with Crippen LogP contribution in [0.4, 0.5) is 0 Å². The summed E-state index contributed by atoms with van der Waals surface area (Å²) < 4.78 is 16.7. The van der Waals surface area contributed by atoms with Crippen molar-refractivity contribution < 1.29 is 19.1 Å². The molecule has 29 heavy (non-hydrogen) atoms. The van der Waals surface area contributed by atoms with E-state index >= 15 is 0 Å². The molecule has 1 aromatic heterocycles. The number of aliphatic hydroxyl groups excluding tert-OH is 1. The van der Waals surface area contributed by atoms with Crippen LogP contribution in [0.25, 0.3) is 0 Å². The molecule has 1 aromatic carbocycles. The van der Waals surface area contributed by atoms with Gasteiger partial charge in [-0.3, -0.25) is 9.80 Å². The van der Waals surface area contributed by atoms with Crippen molar-refractivity contribution in [3.05, 3.63) is 47.3 Å². The fourth-order valence-electron chi connectivity index (χ4n) is 4.15. The zero-order valence-corrected chi connectivity index (χ0v) is 17.1. The molecule has 7 heteroatoms. The molecule has 4 rings (SSSR count). The van der Waals surface area contributed by atoms with E-state index in [9.17, 15) is 5.11 Å². The summed E-state index contributed by atoms with van der Waals surface area (Å²) in [5, 5.41) is 14.4. The Morgan fingerprint density at radius 2 is 2.03 bits per heavy atom. The van der Waals surface area contributed by atoms with Crippen molar-refractivity contribution in [1.82, 2.24) is 15.0 Å². The first kappa shape index (κ1) is 20.3. The van der Waals surface area contributed by atoms with Crippen LogP contribution in [0.1, 0.15) is 17.0 Å². The van der Waals surface area contributed by atoms with Crippen LogP contribution in [0, 0.1) is 12.8 Å². The number of benzene rings is 1. The van der Waals surface area contributed by atoms with Crippen LogP contribution in [0.15, 0.2) is 34.9 Å². The summed E-state index contributed by atoms with van der Waals surface area (Å²) in [4.78, 5) is 4.67. The van der Waals surface area contributed by atoms with Crippen molar-refractivity contribution >= 4 is 0 Å². The first-order valence-corrected chi connectivity index (χ1v) is 10.5. The maximum atomic E-state index is 10.5. The Labute approximate surface area is 172 Å². The molecule has 158 valence electrons. The largest absolute Gasteiger partial charge is 0.492 e. The normalized spacial score (nSPS) is 23.5. The maximum Gasteiger partial charge on any atom is 0.137 e. The second-order valence-corrected chi connectivity index (χ2v) is 8.11. The van der Waals surface area contributed by atoms with Crippen LogP contribution in [-0.2, 0) is 17.7 Å². The highest BCUT2D eigenvalue weighted by atomic mass is 16.5. The van der Waals surface area contributed by atoms with Crippen molar-refractivity contribution in [2.24, 2.45) is 5.92 Å². The van der Waals surface area contributed by atoms with Crippen molar-refractivity contribution in [2.45, 2.75) is 26.0 Å². The molecule has 2 aliphatic heterocycles. The standard InChI is InChI=1S/C22H31N3O4/c1-17-11-21(29-23-17)13-19-15-25(16-22(19)26)14-18-3-2-4-20(12-18)28-10-7-24-5-8-27-9-6-24/h2-4,11-12,19,22,26H,5-10,13-16H2,1H3/t19-,22-/m1/s1. The smallest absolute Gasteiger partial charge is 0.137 e. The molecule has 2 fully saturated rings. The number of hydrogen-bond donors (Lipinski definition) is 1. The predicted molar refractivity (Wildman–Crippen MR) is 109 cm³/mol. The van der Waals surface area contributed by atoms with Gasteiger partial charge in [-0.25, -0.2) is 0 Å². The molecule has 1 N–H and O–H groups in total. The topological polar surface area (TPSA) is 71.2 Å². The molecular weight excluding hydrogens is 370 g/mol. The van der Waals surface area contributed by atoms with E-state index in [0.717, 1.165) is 69.6 Å². The number of aromatic nitrogens is 1. The quantitative estimate of drug-likeness (QED) is 0.722. The Morgan fingerprint density at radius 1 is 1.17 bits per heavy atom. The monoisotopic (exact) mass is 401 g/mol. The van der Waals surface area contributed by atoms with Crippen molar-refractivity contribution in [3.63, 3.8) is 0 Å². The fraction of sp³-hybridized carbons (Fsp3) is 0.591. The Balaban J connectivity index is 1.25. The number of aliphatic hydroxyl groups is 1. The lowest BCUT2D eigenvalue weighted by Gasteiger charge is -2.26. The highest BCUT2D eigenvalue weighted by Crippen LogP contribution is 2.24. The van der Waals surface area contributed by atoms with Crippen LogP contribution in [-0.4, -0.2) is 78.7 Å². The summed E-state index contributed by atoms with van der Waals surface area (Å²) in [6.45, 7) is 9.46. The van der Waals surface area contributed by atoms with Gasteiger partial charge in [-0.1, -0.05) is 17.3 Å². The van der Waals surface area contributed by atoms with Crippen LogP contribution >= 0.6 is 0 Å². The summed E-state index contributed by atoms with van der Waals surface area (Å²) in [6, 6.07) is 10.2. The van der Waals surface area contributed by atoms with E-state index in [-0.39, 0.29) is 12.0 Å². The predicted octanol–water partition coefficient (Wildman–Crippen LogP) is 1.73. The number of rotatable bonds is 8. The van der Waals surface area contributed by atoms with Gasteiger partial charge in [-0.05, 0) is 24.6 Å². The zero-order chi connectivity index (χ0) is 20.1. The molecule has 2 aromatic rings. The van der Waals surface area contributed by atoms with Gasteiger partial charge in [0.2, 0.25) is 0 Å². The van der Waals surface area contributed by atoms with Crippen LogP contribution in [0.5, 0.6) is 5.75 Å². The molecule has 3 heterocycles. The van der Waals surface area contributed by atoms with Crippen LogP contribution in [0.2, 0.25) is 0 Å². The zero-order valence-electron chi connectivity index (χ0n) is 17.1. The molecular formula is C22H31N3O4. The molecule has 0 aliphatic carbocycles. The third-order valence-corrected chi connectivity index (χ3v) is 5.71. The van der Waals surface area contributed by atoms with Gasteiger partial charge in [-0.15, -0.1) is 0 Å². The van der Waals surface area contributed by atoms with Crippen LogP contribution in [0.3, 0.4) is 0 Å². The maximum absolute atomic E-state index is 10.5. The second kappa shape index (κ2) is 9.71. The summed E-state index contributed by atoms with van der Waals surface area (Å²) in [6.07, 6.45) is 0.386. The minimum absolute atomic E-state index is 0.176. The van der Waals surface area contributed by atoms with Gasteiger partial charge >= 0.3 is 0 Å². The molecule has 0 amide bonds. The van der Waals surface area contributed by atoms with Gasteiger partial charge in [-0.2, -0.15) is 0 Å². The summed E-state index contributed by atoms with van der Waals surface area (Å²) in [7, 11) is 0. The highest BCUT2D eigenvalue weighted by Gasteiger charge is 2.32. The number of morpholine rings is 1. The molecule has 0 radical (unpaired) electrons. The first-order valence-electron chi connectivity index (χ1n) is 10.5. The van der Waals surface area contributed by atoms with Crippen molar-refractivity contribution in [1.29, 1.82) is 0 Å². The summed E-state index contributed by atoms with van der Waals surface area (Å²) in [5.74, 6) is 1.93. The third kappa shape index (κ3) is 5.79. The van der Waals surface area contributed by atoms with Gasteiger partial charge in [0.15, 0.2) is 0 Å². The Bertz CT molecular complexity index is 775. The van der Waals surface area contributed by atoms with Crippen molar-refractivity contribution in [2.75, 3.05) is 52.5 Å². The Morgan fingerprint density at radius 3 is 2.83 bits per heavy atom. The molecule has 0 spiro atoms. The third-order valence-electron chi connectivity index (χ3n) is 5.71. The lowest BCUT2D eigenvalue weighted by atomic mass is 10.0. The van der Waals surface area contributed by atoms with Gasteiger partial charge in [0, 0.05) is 57.7 Å². The van der Waals surface area contributed by atoms with Gasteiger partial charge in [0.25, 0.3) is 0 Å². The van der Waals surface area contributed by atoms with E-state index in [0.29, 0.717) is 13.2 Å². The lowest BCUT2D eigenvalue weighted by Crippen LogP contribution is -2.38. The van der Waals surface area contributed by atoms with Gasteiger partial charge in [0.1, 0.15) is 18.1 Å². The molecule has 2 saturated heterocycles. The van der Waals surface area contributed by atoms with E-state index in [4.69, 9.17) is 14.0 Å². The van der Waals surface area contributed by atoms with E-state index < -0.39 is 0 Å². The summed E-state index contributed by atoms with van der Waals surface area (Å²) >= 11 is 0. The molecule has 2 aliphatic rings. The number of hydrogen-bond acceptors (Lipinski definition) is 7. The SMILES string of the molecule is Cc1cc(C[C@@H]2CN(Cc3cccc(OCCN4CCOCC4)c3)C[C@H]2O)on1. The molecule has 7 nitrogen and oxygen atoms in total. The summed E-state index contributed by atoms with van der Waals surface area (Å²) in [5.41, 5.74) is 2.09. The van der Waals surface area contributed by atoms with Gasteiger partial charge < -0.3 is 19.1 Å². The Hall–Kier alpha value is -1.93. The first-order chi connectivity index (χ1) is 14.2. The molecule has 0 saturated carbocycles. The van der Waals surface area contributed by atoms with E-state index in [1.165, 1.54) is 5.56 Å². The number of β-amino-alcohol motifs (C(OH)–C–C–N with tert-alkyl or cyclic N) is 1. The van der Waals surface area contributed by atoms with Crippen LogP contribution < -0.4 is 4.74 Å². The average molecular weight is 402 g/mol. The number of aryl methyl sites for hydroxylation is 1. The number of nitrogens with zero attached hydrogens (tertiary/aromatic N) is 3. The van der Waals surface area contributed by atoms with Gasteiger partial charge in [0.05, 0.1) is 25.0 Å². The minimum Gasteiger partial charge on any atom is -0.492 e. The van der Waals surface area contributed by atoms with E-state index in [1.54, 1.807) is 0 Å². The Kier molecular flexibility index (Phi) is 6.82. The second-order valence-electron chi connectivity index (χ2n) is 8.11. The molecule has 2 atom stereocenters. The van der Waals surface area contributed by atoms with Crippen molar-refractivity contribution in [3.8, 4) is 5.75 Å². The van der Waals surface area contributed by atoms with E-state index in [2.05, 4.69) is 27.1 Å². The molecule has 0 bridgehead atoms. The number of likely N-dealkylation sites (tertiary alicyclic amines) is 1. The lowest BCUT2D eigenvalue weighted by molar-refractivity contribution is 0.0322. The highest BCUT2D eigenvalue weighted by molar-refractivity contribution is 5.28. The minimum atomic E-state index is -0.339.